The maximum atomic E-state index is 2.46. The van der Waals surface area contributed by atoms with Crippen molar-refractivity contribution in [3.63, 3.8) is 0 Å². The molecule has 8 aromatic rings. The summed E-state index contributed by atoms with van der Waals surface area (Å²) < 4.78 is 5.30. The van der Waals surface area contributed by atoms with Crippen LogP contribution in [0.4, 0.5) is 17.1 Å². The second-order valence-electron chi connectivity index (χ2n) is 9.34. The molecule has 0 atom stereocenters. The highest BCUT2D eigenvalue weighted by atomic mass is 32.1. The molecule has 2 aromatic heterocycles. The summed E-state index contributed by atoms with van der Waals surface area (Å²) in [6, 6.07) is 46.3. The van der Waals surface area contributed by atoms with Gasteiger partial charge in [-0.05, 0) is 53.2 Å². The third-order valence-electron chi connectivity index (χ3n) is 7.24. The van der Waals surface area contributed by atoms with Crippen LogP contribution in [-0.4, -0.2) is 0 Å². The molecule has 0 unspecified atom stereocenters. The highest BCUT2D eigenvalue weighted by Crippen LogP contribution is 2.49. The molecule has 0 radical (unpaired) electrons. The summed E-state index contributed by atoms with van der Waals surface area (Å²) in [5.74, 6) is 0. The summed E-state index contributed by atoms with van der Waals surface area (Å²) >= 11 is 3.76. The van der Waals surface area contributed by atoms with Gasteiger partial charge in [0.25, 0.3) is 0 Å². The summed E-state index contributed by atoms with van der Waals surface area (Å²) in [6.45, 7) is 0. The van der Waals surface area contributed by atoms with Crippen molar-refractivity contribution in [1.82, 2.24) is 0 Å². The Morgan fingerprint density at radius 2 is 1.03 bits per heavy atom. The van der Waals surface area contributed by atoms with Crippen LogP contribution in [0, 0.1) is 0 Å². The van der Waals surface area contributed by atoms with E-state index in [9.17, 15) is 0 Å². The van der Waals surface area contributed by atoms with E-state index in [2.05, 4.69) is 132 Å². The maximum absolute atomic E-state index is 2.46. The predicted octanol–water partition coefficient (Wildman–Crippen LogP) is 11.0. The monoisotopic (exact) mass is 507 g/mol. The van der Waals surface area contributed by atoms with Gasteiger partial charge in [0.2, 0.25) is 0 Å². The van der Waals surface area contributed by atoms with Gasteiger partial charge in [-0.25, -0.2) is 0 Å². The van der Waals surface area contributed by atoms with E-state index in [0.29, 0.717) is 0 Å². The van der Waals surface area contributed by atoms with Crippen molar-refractivity contribution in [1.29, 1.82) is 0 Å². The van der Waals surface area contributed by atoms with E-state index in [4.69, 9.17) is 0 Å². The van der Waals surface area contributed by atoms with Crippen LogP contribution >= 0.6 is 22.7 Å². The molecular formula is C34H21NS2. The molecule has 0 aliphatic carbocycles. The average molecular weight is 508 g/mol. The first kappa shape index (κ1) is 21.0. The van der Waals surface area contributed by atoms with E-state index in [1.807, 2.05) is 22.7 Å². The van der Waals surface area contributed by atoms with Gasteiger partial charge in [0, 0.05) is 46.0 Å². The van der Waals surface area contributed by atoms with E-state index >= 15 is 0 Å². The Morgan fingerprint density at radius 3 is 1.84 bits per heavy atom. The van der Waals surface area contributed by atoms with Crippen molar-refractivity contribution in [2.45, 2.75) is 0 Å². The van der Waals surface area contributed by atoms with Crippen LogP contribution in [0.2, 0.25) is 0 Å². The van der Waals surface area contributed by atoms with Gasteiger partial charge < -0.3 is 4.90 Å². The van der Waals surface area contributed by atoms with Gasteiger partial charge in [0.1, 0.15) is 0 Å². The minimum absolute atomic E-state index is 1.16. The van der Waals surface area contributed by atoms with Crippen molar-refractivity contribution in [2.75, 3.05) is 4.90 Å². The largest absolute Gasteiger partial charge is 0.309 e. The van der Waals surface area contributed by atoms with Gasteiger partial charge in [0.05, 0.1) is 11.4 Å². The van der Waals surface area contributed by atoms with Crippen molar-refractivity contribution in [3.8, 4) is 0 Å². The summed E-state index contributed by atoms with van der Waals surface area (Å²) in [4.78, 5) is 2.46. The number of thiophene rings is 2. The fraction of sp³-hybridized carbons (Fsp3) is 0. The fourth-order valence-electron chi connectivity index (χ4n) is 5.65. The zero-order chi connectivity index (χ0) is 24.3. The summed E-state index contributed by atoms with van der Waals surface area (Å²) in [5, 5.41) is 7.87. The molecule has 8 rings (SSSR count). The standard InChI is InChI=1S/C34H21NS2/c1-2-11-23(12-3-1)35(27-15-8-18-30-32(27)25-14-6-7-17-29(25)36-30)28-16-9-19-31-33(28)26-21-20-22-10-4-5-13-24(22)34(26)37-31/h1-21H. The summed E-state index contributed by atoms with van der Waals surface area (Å²) in [5.41, 5.74) is 3.60. The van der Waals surface area contributed by atoms with Crippen LogP contribution < -0.4 is 4.90 Å². The molecule has 0 saturated heterocycles. The van der Waals surface area contributed by atoms with Gasteiger partial charge in [-0.1, -0.05) is 84.9 Å². The normalized spacial score (nSPS) is 11.8. The van der Waals surface area contributed by atoms with Crippen LogP contribution in [-0.2, 0) is 0 Å². The zero-order valence-electron chi connectivity index (χ0n) is 19.9. The lowest BCUT2D eigenvalue weighted by Gasteiger charge is -2.27. The maximum Gasteiger partial charge on any atom is 0.0555 e. The minimum Gasteiger partial charge on any atom is -0.309 e. The lowest BCUT2D eigenvalue weighted by atomic mass is 10.0. The Labute approximate surface area is 222 Å². The quantitative estimate of drug-likeness (QED) is 0.230. The molecule has 0 spiro atoms. The number of hydrogen-bond donors (Lipinski definition) is 0. The molecule has 174 valence electrons. The van der Waals surface area contributed by atoms with Crippen LogP contribution in [0.15, 0.2) is 127 Å². The smallest absolute Gasteiger partial charge is 0.0555 e. The van der Waals surface area contributed by atoms with Crippen LogP contribution in [0.5, 0.6) is 0 Å². The molecule has 3 heteroatoms. The second kappa shape index (κ2) is 8.17. The Hall–Kier alpha value is -4.18. The molecule has 0 fully saturated rings. The Morgan fingerprint density at radius 1 is 0.405 bits per heavy atom. The van der Waals surface area contributed by atoms with Crippen LogP contribution in [0.3, 0.4) is 0 Å². The molecular weight excluding hydrogens is 487 g/mol. The van der Waals surface area contributed by atoms with Crippen molar-refractivity contribution in [3.05, 3.63) is 127 Å². The first-order valence-corrected chi connectivity index (χ1v) is 14.1. The Balaban J connectivity index is 1.51. The first-order valence-electron chi connectivity index (χ1n) is 12.5. The number of benzene rings is 6. The molecule has 0 bridgehead atoms. The average Bonchev–Trinajstić information content (AvgIpc) is 3.53. The zero-order valence-corrected chi connectivity index (χ0v) is 21.5. The van der Waals surface area contributed by atoms with Gasteiger partial charge in [-0.2, -0.15) is 0 Å². The molecule has 0 aliphatic rings. The number of anilines is 3. The molecule has 2 heterocycles. The SMILES string of the molecule is c1ccc(N(c2cccc3sc4ccccc4c23)c2cccc3sc4c5ccccc5ccc4c23)cc1. The number of nitrogens with zero attached hydrogens (tertiary/aromatic N) is 1. The molecule has 0 saturated carbocycles. The minimum atomic E-state index is 1.16. The van der Waals surface area contributed by atoms with Gasteiger partial charge in [-0.15, -0.1) is 22.7 Å². The van der Waals surface area contributed by atoms with Crippen LogP contribution in [0.1, 0.15) is 0 Å². The van der Waals surface area contributed by atoms with Gasteiger partial charge in [0.15, 0.2) is 0 Å². The molecule has 0 amide bonds. The third kappa shape index (κ3) is 3.15. The van der Waals surface area contributed by atoms with E-state index in [-0.39, 0.29) is 0 Å². The highest BCUT2D eigenvalue weighted by Gasteiger charge is 2.21. The number of para-hydroxylation sites is 1. The second-order valence-corrected chi connectivity index (χ2v) is 11.5. The van der Waals surface area contributed by atoms with Gasteiger partial charge >= 0.3 is 0 Å². The van der Waals surface area contributed by atoms with E-state index in [0.717, 1.165) is 5.69 Å². The molecule has 6 aromatic carbocycles. The van der Waals surface area contributed by atoms with E-state index in [1.165, 1.54) is 62.5 Å². The van der Waals surface area contributed by atoms with Gasteiger partial charge in [-0.3, -0.25) is 0 Å². The highest BCUT2D eigenvalue weighted by molar-refractivity contribution is 7.27. The summed E-state index contributed by atoms with van der Waals surface area (Å²) in [6.07, 6.45) is 0. The summed E-state index contributed by atoms with van der Waals surface area (Å²) in [7, 11) is 0. The Kier molecular flexibility index (Phi) is 4.63. The Bertz CT molecular complexity index is 2100. The molecule has 37 heavy (non-hydrogen) atoms. The lowest BCUT2D eigenvalue weighted by Crippen LogP contribution is -2.10. The third-order valence-corrected chi connectivity index (χ3v) is 9.58. The lowest BCUT2D eigenvalue weighted by molar-refractivity contribution is 1.32. The fourth-order valence-corrected chi connectivity index (χ4v) is 8.03. The van der Waals surface area contributed by atoms with Crippen molar-refractivity contribution < 1.29 is 0 Å². The predicted molar refractivity (Wildman–Crippen MR) is 164 cm³/mol. The first-order chi connectivity index (χ1) is 18.4. The van der Waals surface area contributed by atoms with E-state index in [1.54, 1.807) is 0 Å². The number of hydrogen-bond acceptors (Lipinski definition) is 3. The van der Waals surface area contributed by atoms with Crippen LogP contribution in [0.25, 0.3) is 51.1 Å². The molecule has 0 N–H and O–H groups in total. The molecule has 0 aliphatic heterocycles. The van der Waals surface area contributed by atoms with Crippen molar-refractivity contribution >= 4 is 90.9 Å². The molecule has 1 nitrogen and oxygen atoms in total. The number of rotatable bonds is 3. The van der Waals surface area contributed by atoms with E-state index < -0.39 is 0 Å². The topological polar surface area (TPSA) is 3.24 Å². The van der Waals surface area contributed by atoms with Crippen molar-refractivity contribution in [2.24, 2.45) is 0 Å². The number of fused-ring (bicyclic) bond motifs is 8.